The van der Waals surface area contributed by atoms with Gasteiger partial charge in [-0.3, -0.25) is 0 Å². The van der Waals surface area contributed by atoms with Gasteiger partial charge in [-0.25, -0.2) is 4.79 Å². The molecule has 1 fully saturated rings. The molecule has 0 aliphatic carbocycles. The highest BCUT2D eigenvalue weighted by atomic mass is 16.6. The lowest BCUT2D eigenvalue weighted by molar-refractivity contribution is -0.138. The van der Waals surface area contributed by atoms with Crippen molar-refractivity contribution in [2.75, 3.05) is 0 Å². The van der Waals surface area contributed by atoms with Crippen LogP contribution in [0.5, 0.6) is 0 Å². The van der Waals surface area contributed by atoms with E-state index in [4.69, 9.17) is 4.74 Å². The summed E-state index contributed by atoms with van der Waals surface area (Å²) in [5.41, 5.74) is 0.446. The average molecular weight is 280 g/mol. The first-order valence-corrected chi connectivity index (χ1v) is 7.86. The number of rotatable bonds is 10. The molecule has 0 unspecified atom stereocenters. The van der Waals surface area contributed by atoms with Crippen molar-refractivity contribution >= 4 is 5.97 Å². The van der Waals surface area contributed by atoms with E-state index < -0.39 is 12.2 Å². The van der Waals surface area contributed by atoms with Gasteiger partial charge in [-0.1, -0.05) is 44.3 Å². The van der Waals surface area contributed by atoms with Crippen molar-refractivity contribution in [2.45, 2.75) is 76.9 Å². The SMILES string of the molecule is C=CCCCCCCCCC/C=C1/C(=O)O[C@@H](C)[C@@H]1O. The number of hydrogen-bond acceptors (Lipinski definition) is 3. The summed E-state index contributed by atoms with van der Waals surface area (Å²) in [5.74, 6) is -0.354. The van der Waals surface area contributed by atoms with Crippen LogP contribution in [0.1, 0.15) is 64.7 Å². The summed E-state index contributed by atoms with van der Waals surface area (Å²) < 4.78 is 4.96. The summed E-state index contributed by atoms with van der Waals surface area (Å²) >= 11 is 0. The van der Waals surface area contributed by atoms with Gasteiger partial charge in [0.25, 0.3) is 0 Å². The minimum absolute atomic E-state index is 0.354. The summed E-state index contributed by atoms with van der Waals surface area (Å²) in [6.45, 7) is 5.44. The highest BCUT2D eigenvalue weighted by Crippen LogP contribution is 2.22. The van der Waals surface area contributed by atoms with E-state index in [0.717, 1.165) is 19.3 Å². The molecule has 2 atom stereocenters. The maximum Gasteiger partial charge on any atom is 0.336 e. The number of aliphatic hydroxyl groups is 1. The molecule has 1 aliphatic rings. The van der Waals surface area contributed by atoms with Gasteiger partial charge in [0, 0.05) is 0 Å². The smallest absolute Gasteiger partial charge is 0.336 e. The monoisotopic (exact) mass is 280 g/mol. The van der Waals surface area contributed by atoms with E-state index in [9.17, 15) is 9.90 Å². The molecule has 0 aromatic rings. The molecule has 1 N–H and O–H groups in total. The quantitative estimate of drug-likeness (QED) is 0.285. The molecule has 0 aromatic carbocycles. The number of cyclic esters (lactones) is 1. The van der Waals surface area contributed by atoms with Crippen molar-refractivity contribution in [2.24, 2.45) is 0 Å². The molecule has 1 heterocycles. The minimum atomic E-state index is -0.743. The summed E-state index contributed by atoms with van der Waals surface area (Å²) in [5, 5.41) is 9.75. The number of carbonyl (C=O) groups is 1. The van der Waals surface area contributed by atoms with Crippen LogP contribution in [-0.4, -0.2) is 23.3 Å². The van der Waals surface area contributed by atoms with Gasteiger partial charge < -0.3 is 9.84 Å². The first-order chi connectivity index (χ1) is 9.66. The normalized spacial score (nSPS) is 24.1. The summed E-state index contributed by atoms with van der Waals surface area (Å²) in [7, 11) is 0. The third-order valence-corrected chi connectivity index (χ3v) is 3.77. The van der Waals surface area contributed by atoms with Gasteiger partial charge in [-0.15, -0.1) is 6.58 Å². The van der Waals surface area contributed by atoms with E-state index in [-0.39, 0.29) is 5.97 Å². The summed E-state index contributed by atoms with van der Waals surface area (Å²) in [6.07, 6.45) is 13.3. The van der Waals surface area contributed by atoms with E-state index >= 15 is 0 Å². The van der Waals surface area contributed by atoms with Crippen LogP contribution in [0.15, 0.2) is 24.3 Å². The predicted molar refractivity (Wildman–Crippen MR) is 81.4 cm³/mol. The van der Waals surface area contributed by atoms with Gasteiger partial charge in [-0.05, 0) is 32.6 Å². The fourth-order valence-electron chi connectivity index (χ4n) is 2.45. The van der Waals surface area contributed by atoms with E-state index in [0.29, 0.717) is 5.57 Å². The Morgan fingerprint density at radius 2 is 1.65 bits per heavy atom. The van der Waals surface area contributed by atoms with Crippen molar-refractivity contribution in [1.82, 2.24) is 0 Å². The van der Waals surface area contributed by atoms with Crippen LogP contribution in [0, 0.1) is 0 Å². The van der Waals surface area contributed by atoms with Crippen molar-refractivity contribution in [3.8, 4) is 0 Å². The van der Waals surface area contributed by atoms with Crippen LogP contribution < -0.4 is 0 Å². The minimum Gasteiger partial charge on any atom is -0.456 e. The fourth-order valence-corrected chi connectivity index (χ4v) is 2.45. The second-order valence-electron chi connectivity index (χ2n) is 5.56. The zero-order chi connectivity index (χ0) is 14.8. The topological polar surface area (TPSA) is 46.5 Å². The first kappa shape index (κ1) is 17.0. The van der Waals surface area contributed by atoms with E-state index in [1.807, 2.05) is 12.2 Å². The van der Waals surface area contributed by atoms with Crippen LogP contribution >= 0.6 is 0 Å². The molecular weight excluding hydrogens is 252 g/mol. The number of carbonyl (C=O) groups excluding carboxylic acids is 1. The largest absolute Gasteiger partial charge is 0.456 e. The standard InChI is InChI=1S/C17H28O3/c1-3-4-5-6-7-8-9-10-11-12-13-15-16(18)14(2)20-17(15)19/h3,13-14,16,18H,1,4-12H2,2H3/b15-13+/t14-,16-/m0/s1. The van der Waals surface area contributed by atoms with Gasteiger partial charge in [0.1, 0.15) is 12.2 Å². The van der Waals surface area contributed by atoms with Crippen LogP contribution in [-0.2, 0) is 9.53 Å². The third-order valence-electron chi connectivity index (χ3n) is 3.77. The molecular formula is C17H28O3. The van der Waals surface area contributed by atoms with Gasteiger partial charge in [0.2, 0.25) is 0 Å². The Morgan fingerprint density at radius 1 is 1.10 bits per heavy atom. The maximum atomic E-state index is 11.4. The molecule has 114 valence electrons. The predicted octanol–water partition coefficient (Wildman–Crippen LogP) is 3.92. The van der Waals surface area contributed by atoms with E-state index in [1.165, 1.54) is 38.5 Å². The van der Waals surface area contributed by atoms with Crippen LogP contribution in [0.4, 0.5) is 0 Å². The Kier molecular flexibility index (Phi) is 8.28. The van der Waals surface area contributed by atoms with Gasteiger partial charge >= 0.3 is 5.97 Å². The van der Waals surface area contributed by atoms with Crippen molar-refractivity contribution < 1.29 is 14.6 Å². The molecule has 1 aliphatic heterocycles. The number of esters is 1. The molecule has 0 amide bonds. The zero-order valence-corrected chi connectivity index (χ0v) is 12.6. The number of unbranched alkanes of at least 4 members (excludes halogenated alkanes) is 8. The van der Waals surface area contributed by atoms with Crippen LogP contribution in [0.25, 0.3) is 0 Å². The molecule has 0 saturated carbocycles. The summed E-state index contributed by atoms with van der Waals surface area (Å²) in [4.78, 5) is 11.4. The molecule has 0 spiro atoms. The van der Waals surface area contributed by atoms with Gasteiger partial charge in [-0.2, -0.15) is 0 Å². The second-order valence-corrected chi connectivity index (χ2v) is 5.56. The fraction of sp³-hybridized carbons (Fsp3) is 0.706. The summed E-state index contributed by atoms with van der Waals surface area (Å²) in [6, 6.07) is 0. The van der Waals surface area contributed by atoms with E-state index in [1.54, 1.807) is 6.92 Å². The highest BCUT2D eigenvalue weighted by molar-refractivity contribution is 5.92. The van der Waals surface area contributed by atoms with Crippen LogP contribution in [0.2, 0.25) is 0 Å². The lowest BCUT2D eigenvalue weighted by atomic mass is 10.0. The molecule has 3 heteroatoms. The zero-order valence-electron chi connectivity index (χ0n) is 12.6. The average Bonchev–Trinajstić information content (AvgIpc) is 2.67. The number of ether oxygens (including phenoxy) is 1. The number of allylic oxidation sites excluding steroid dienone is 2. The van der Waals surface area contributed by atoms with Gasteiger partial charge in [0.05, 0.1) is 5.57 Å². The maximum absolute atomic E-state index is 11.4. The molecule has 0 bridgehead atoms. The first-order valence-electron chi connectivity index (χ1n) is 7.86. The van der Waals surface area contributed by atoms with Crippen molar-refractivity contribution in [3.05, 3.63) is 24.3 Å². The number of hydrogen-bond donors (Lipinski definition) is 1. The van der Waals surface area contributed by atoms with Crippen LogP contribution in [0.3, 0.4) is 0 Å². The molecule has 1 rings (SSSR count). The Balaban J connectivity index is 2.02. The van der Waals surface area contributed by atoms with Gasteiger partial charge in [0.15, 0.2) is 0 Å². The molecule has 0 radical (unpaired) electrons. The molecule has 0 aromatic heterocycles. The molecule has 20 heavy (non-hydrogen) atoms. The van der Waals surface area contributed by atoms with Crippen molar-refractivity contribution in [1.29, 1.82) is 0 Å². The Bertz CT molecular complexity index is 333. The Labute approximate surface area is 122 Å². The lowest BCUT2D eigenvalue weighted by Gasteiger charge is -2.04. The number of aliphatic hydroxyl groups excluding tert-OH is 1. The second kappa shape index (κ2) is 9.76. The Hall–Kier alpha value is -1.09. The van der Waals surface area contributed by atoms with Crippen molar-refractivity contribution in [3.63, 3.8) is 0 Å². The third kappa shape index (κ3) is 5.91. The molecule has 1 saturated heterocycles. The highest BCUT2D eigenvalue weighted by Gasteiger charge is 2.34. The molecule has 3 nitrogen and oxygen atoms in total. The van der Waals surface area contributed by atoms with E-state index in [2.05, 4.69) is 6.58 Å². The Morgan fingerprint density at radius 3 is 2.15 bits per heavy atom. The lowest BCUT2D eigenvalue weighted by Crippen LogP contribution is -2.17.